The number of carbonyl (C=O) groups is 1. The number of phenols is 1. The van der Waals surface area contributed by atoms with Crippen molar-refractivity contribution in [2.45, 2.75) is 6.17 Å². The second kappa shape index (κ2) is 5.94. The number of hydrogen-bond donors (Lipinski definition) is 2. The highest BCUT2D eigenvalue weighted by atomic mass is 19.1. The summed E-state index contributed by atoms with van der Waals surface area (Å²) < 4.78 is 13.3. The largest absolute Gasteiger partial charge is 0.508 e. The van der Waals surface area contributed by atoms with Gasteiger partial charge in [0.15, 0.2) is 0 Å². The second-order valence-corrected chi connectivity index (χ2v) is 5.84. The fraction of sp³-hybridized carbons (Fsp3) is 0.0500. The van der Waals surface area contributed by atoms with E-state index in [1.54, 1.807) is 47.4 Å². The van der Waals surface area contributed by atoms with Crippen LogP contribution in [0.1, 0.15) is 22.1 Å². The van der Waals surface area contributed by atoms with Crippen LogP contribution in [0.25, 0.3) is 0 Å². The molecule has 0 saturated heterocycles. The first-order chi connectivity index (χ1) is 12.1. The summed E-state index contributed by atoms with van der Waals surface area (Å²) in [5, 5.41) is 12.9. The first kappa shape index (κ1) is 15.2. The SMILES string of the molecule is O=C1c2ccccc2N[C@@H](c2ccc(O)cc2)N1c1ccc(F)cc1. The van der Waals surface area contributed by atoms with Crippen molar-refractivity contribution < 1.29 is 14.3 Å². The Morgan fingerprint density at radius 2 is 1.60 bits per heavy atom. The molecule has 124 valence electrons. The van der Waals surface area contributed by atoms with Crippen LogP contribution in [0.5, 0.6) is 5.75 Å². The summed E-state index contributed by atoms with van der Waals surface area (Å²) in [6, 6.07) is 19.8. The highest BCUT2D eigenvalue weighted by Crippen LogP contribution is 2.36. The van der Waals surface area contributed by atoms with Crippen LogP contribution >= 0.6 is 0 Å². The van der Waals surface area contributed by atoms with E-state index in [2.05, 4.69) is 5.32 Å². The van der Waals surface area contributed by atoms with Gasteiger partial charge in [0, 0.05) is 11.4 Å². The maximum atomic E-state index is 13.3. The van der Waals surface area contributed by atoms with Gasteiger partial charge in [0.05, 0.1) is 5.56 Å². The van der Waals surface area contributed by atoms with Crippen LogP contribution in [0.15, 0.2) is 72.8 Å². The molecule has 1 heterocycles. The molecule has 3 aromatic rings. The molecule has 0 fully saturated rings. The number of halogens is 1. The number of benzene rings is 3. The van der Waals surface area contributed by atoms with Crippen LogP contribution in [-0.4, -0.2) is 11.0 Å². The lowest BCUT2D eigenvalue weighted by Gasteiger charge is -2.38. The zero-order valence-corrected chi connectivity index (χ0v) is 13.2. The summed E-state index contributed by atoms with van der Waals surface area (Å²) in [6.45, 7) is 0. The molecule has 0 radical (unpaired) electrons. The Kier molecular flexibility index (Phi) is 3.61. The van der Waals surface area contributed by atoms with Crippen molar-refractivity contribution in [1.29, 1.82) is 0 Å². The van der Waals surface area contributed by atoms with Crippen LogP contribution in [0, 0.1) is 5.82 Å². The zero-order valence-electron chi connectivity index (χ0n) is 13.2. The molecule has 0 unspecified atom stereocenters. The minimum atomic E-state index is -0.464. The monoisotopic (exact) mass is 334 g/mol. The minimum Gasteiger partial charge on any atom is -0.508 e. The lowest BCUT2D eigenvalue weighted by atomic mass is 10.0. The number of aromatic hydroxyl groups is 1. The van der Waals surface area contributed by atoms with Crippen molar-refractivity contribution in [2.75, 3.05) is 10.2 Å². The molecular formula is C20H15FN2O2. The van der Waals surface area contributed by atoms with E-state index < -0.39 is 6.17 Å². The fourth-order valence-electron chi connectivity index (χ4n) is 3.01. The van der Waals surface area contributed by atoms with Gasteiger partial charge in [0.1, 0.15) is 17.7 Å². The Labute approximate surface area is 144 Å². The number of carbonyl (C=O) groups excluding carboxylic acids is 1. The van der Waals surface area contributed by atoms with Gasteiger partial charge in [-0.1, -0.05) is 24.3 Å². The summed E-state index contributed by atoms with van der Waals surface area (Å²) in [4.78, 5) is 14.7. The number of hydrogen-bond acceptors (Lipinski definition) is 3. The molecule has 1 aliphatic heterocycles. The normalized spacial score (nSPS) is 16.3. The Balaban J connectivity index is 1.85. The molecule has 5 heteroatoms. The van der Waals surface area contributed by atoms with Gasteiger partial charge < -0.3 is 10.4 Å². The molecule has 0 spiro atoms. The number of para-hydroxylation sites is 1. The van der Waals surface area contributed by atoms with Crippen molar-refractivity contribution in [3.05, 3.63) is 89.7 Å². The van der Waals surface area contributed by atoms with Crippen LogP contribution < -0.4 is 10.2 Å². The van der Waals surface area contributed by atoms with E-state index >= 15 is 0 Å². The predicted octanol–water partition coefficient (Wildman–Crippen LogP) is 4.30. The Bertz CT molecular complexity index is 923. The van der Waals surface area contributed by atoms with Crippen LogP contribution in [0.4, 0.5) is 15.8 Å². The molecule has 3 aromatic carbocycles. The van der Waals surface area contributed by atoms with Crippen molar-refractivity contribution in [2.24, 2.45) is 0 Å². The van der Waals surface area contributed by atoms with Crippen LogP contribution in [-0.2, 0) is 0 Å². The van der Waals surface area contributed by atoms with E-state index in [1.807, 2.05) is 18.2 Å². The molecular weight excluding hydrogens is 319 g/mol. The Morgan fingerprint density at radius 3 is 2.32 bits per heavy atom. The highest BCUT2D eigenvalue weighted by molar-refractivity contribution is 6.12. The van der Waals surface area contributed by atoms with Gasteiger partial charge in [-0.15, -0.1) is 0 Å². The van der Waals surface area contributed by atoms with Gasteiger partial charge in [-0.3, -0.25) is 9.69 Å². The van der Waals surface area contributed by atoms with Crippen LogP contribution in [0.3, 0.4) is 0 Å². The summed E-state index contributed by atoms with van der Waals surface area (Å²) in [6.07, 6.45) is -0.464. The third-order valence-corrected chi connectivity index (χ3v) is 4.24. The van der Waals surface area contributed by atoms with Gasteiger partial charge in [-0.25, -0.2) is 4.39 Å². The predicted molar refractivity (Wildman–Crippen MR) is 94.1 cm³/mol. The van der Waals surface area contributed by atoms with E-state index in [4.69, 9.17) is 0 Å². The zero-order chi connectivity index (χ0) is 17.4. The molecule has 4 nitrogen and oxygen atoms in total. The maximum absolute atomic E-state index is 13.3. The topological polar surface area (TPSA) is 52.6 Å². The number of rotatable bonds is 2. The van der Waals surface area contributed by atoms with E-state index in [-0.39, 0.29) is 17.5 Å². The van der Waals surface area contributed by atoms with Gasteiger partial charge in [-0.05, 0) is 54.1 Å². The molecule has 0 aliphatic carbocycles. The van der Waals surface area contributed by atoms with E-state index in [9.17, 15) is 14.3 Å². The Hall–Kier alpha value is -3.34. The van der Waals surface area contributed by atoms with Crippen LogP contribution in [0.2, 0.25) is 0 Å². The van der Waals surface area contributed by atoms with E-state index in [0.717, 1.165) is 11.3 Å². The lowest BCUT2D eigenvalue weighted by molar-refractivity contribution is 0.0975. The molecule has 0 saturated carbocycles. The Morgan fingerprint density at radius 1 is 0.920 bits per heavy atom. The first-order valence-corrected chi connectivity index (χ1v) is 7.87. The van der Waals surface area contributed by atoms with E-state index in [0.29, 0.717) is 11.3 Å². The summed E-state index contributed by atoms with van der Waals surface area (Å²) in [5.74, 6) is -0.374. The number of anilines is 2. The molecule has 2 N–H and O–H groups in total. The molecule has 1 aliphatic rings. The smallest absolute Gasteiger partial charge is 0.262 e. The second-order valence-electron chi connectivity index (χ2n) is 5.84. The van der Waals surface area contributed by atoms with E-state index in [1.165, 1.54) is 12.1 Å². The molecule has 1 amide bonds. The van der Waals surface area contributed by atoms with Crippen molar-refractivity contribution >= 4 is 17.3 Å². The molecule has 1 atom stereocenters. The quantitative estimate of drug-likeness (QED) is 0.734. The van der Waals surface area contributed by atoms with Crippen molar-refractivity contribution in [1.82, 2.24) is 0 Å². The standard InChI is InChI=1S/C20H15FN2O2/c21-14-7-9-15(10-8-14)23-19(13-5-11-16(24)12-6-13)22-18-4-2-1-3-17(18)20(23)25/h1-12,19,22,24H/t19-/m1/s1. The summed E-state index contributed by atoms with van der Waals surface area (Å²) in [5.41, 5.74) is 2.70. The number of nitrogens with one attached hydrogen (secondary N) is 1. The third kappa shape index (κ3) is 2.70. The highest BCUT2D eigenvalue weighted by Gasteiger charge is 2.33. The number of nitrogens with zero attached hydrogens (tertiary/aromatic N) is 1. The molecule has 4 rings (SSSR count). The van der Waals surface area contributed by atoms with Gasteiger partial charge in [0.2, 0.25) is 0 Å². The molecule has 25 heavy (non-hydrogen) atoms. The van der Waals surface area contributed by atoms with Gasteiger partial charge in [0.25, 0.3) is 5.91 Å². The maximum Gasteiger partial charge on any atom is 0.262 e. The third-order valence-electron chi connectivity index (χ3n) is 4.24. The average Bonchev–Trinajstić information content (AvgIpc) is 2.63. The van der Waals surface area contributed by atoms with Gasteiger partial charge >= 0.3 is 0 Å². The van der Waals surface area contributed by atoms with Crippen molar-refractivity contribution in [3.63, 3.8) is 0 Å². The van der Waals surface area contributed by atoms with Gasteiger partial charge in [-0.2, -0.15) is 0 Å². The number of amides is 1. The average molecular weight is 334 g/mol. The summed E-state index contributed by atoms with van der Waals surface area (Å²) in [7, 11) is 0. The molecule has 0 aromatic heterocycles. The molecule has 0 bridgehead atoms. The number of fused-ring (bicyclic) bond motifs is 1. The lowest BCUT2D eigenvalue weighted by Crippen LogP contribution is -2.43. The van der Waals surface area contributed by atoms with Crippen molar-refractivity contribution in [3.8, 4) is 5.75 Å². The summed E-state index contributed by atoms with van der Waals surface area (Å²) >= 11 is 0. The fourth-order valence-corrected chi connectivity index (χ4v) is 3.01. The minimum absolute atomic E-state index is 0.152. The number of phenolic OH excluding ortho intramolecular Hbond substituents is 1. The first-order valence-electron chi connectivity index (χ1n) is 7.87.